The second-order valence-corrected chi connectivity index (χ2v) is 6.45. The Hall–Kier alpha value is -2.54. The summed E-state index contributed by atoms with van der Waals surface area (Å²) < 4.78 is 0. The highest BCUT2D eigenvalue weighted by Gasteiger charge is 2.14. The summed E-state index contributed by atoms with van der Waals surface area (Å²) in [5.74, 6) is -0.913. The molecule has 0 aliphatic rings. The Morgan fingerprint density at radius 1 is 1.09 bits per heavy atom. The van der Waals surface area contributed by atoms with E-state index in [0.29, 0.717) is 11.1 Å². The van der Waals surface area contributed by atoms with E-state index in [2.05, 4.69) is 15.8 Å². The molecule has 0 saturated heterocycles. The highest BCUT2D eigenvalue weighted by Crippen LogP contribution is 2.22. The Kier molecular flexibility index (Phi) is 5.59. The normalized spacial score (nSPS) is 10.2. The van der Waals surface area contributed by atoms with Gasteiger partial charge in [-0.25, -0.2) is 0 Å². The molecule has 0 aliphatic carbocycles. The summed E-state index contributed by atoms with van der Waals surface area (Å²) in [4.78, 5) is 41.4. The van der Waals surface area contributed by atoms with Crippen molar-refractivity contribution in [1.29, 1.82) is 0 Å². The molecule has 2 aromatic heterocycles. The van der Waals surface area contributed by atoms with Crippen molar-refractivity contribution in [3.63, 3.8) is 0 Å². The van der Waals surface area contributed by atoms with Gasteiger partial charge in [-0.3, -0.25) is 30.2 Å². The summed E-state index contributed by atoms with van der Waals surface area (Å²) in [5.41, 5.74) is 5.66. The molecule has 0 atom stereocenters. The Bertz CT molecular complexity index is 725. The average molecular weight is 331 g/mol. The van der Waals surface area contributed by atoms with Crippen LogP contribution in [0.5, 0.6) is 0 Å². The van der Waals surface area contributed by atoms with E-state index in [-0.39, 0.29) is 18.6 Å². The molecule has 2 N–H and O–H groups in total. The van der Waals surface area contributed by atoms with Crippen molar-refractivity contribution in [3.05, 3.63) is 51.5 Å². The largest absolute Gasteiger partial charge is 0.294 e. The third-order valence-corrected chi connectivity index (χ3v) is 4.14. The molecule has 2 amide bonds. The van der Waals surface area contributed by atoms with E-state index in [0.717, 1.165) is 9.75 Å². The van der Waals surface area contributed by atoms with Gasteiger partial charge in [0.05, 0.1) is 0 Å². The SMILES string of the molecule is Cc1cc(C(=O)CCC(=O)NNC(=O)c2ccncc2)c(C)s1. The number of thiophene rings is 1. The summed E-state index contributed by atoms with van der Waals surface area (Å²) in [6.45, 7) is 3.83. The first kappa shape index (κ1) is 16.8. The lowest BCUT2D eigenvalue weighted by atomic mass is 10.1. The third-order valence-electron chi connectivity index (χ3n) is 3.18. The molecular formula is C16H17N3O3S. The monoisotopic (exact) mass is 331 g/mol. The molecule has 0 fully saturated rings. The maximum absolute atomic E-state index is 12.1. The van der Waals surface area contributed by atoms with Gasteiger partial charge in [0.15, 0.2) is 5.78 Å². The van der Waals surface area contributed by atoms with Gasteiger partial charge in [-0.2, -0.15) is 0 Å². The predicted octanol–water partition coefficient (Wildman–Crippen LogP) is 2.18. The lowest BCUT2D eigenvalue weighted by Gasteiger charge is -2.07. The number of ketones is 1. The average Bonchev–Trinajstić information content (AvgIpc) is 2.89. The number of hydrogen-bond acceptors (Lipinski definition) is 5. The van der Waals surface area contributed by atoms with E-state index in [1.165, 1.54) is 24.5 Å². The number of pyridine rings is 1. The number of Topliss-reactive ketones (excluding diaryl/α,β-unsaturated/α-hetero) is 1. The summed E-state index contributed by atoms with van der Waals surface area (Å²) in [5, 5.41) is 0. The van der Waals surface area contributed by atoms with Crippen LogP contribution in [-0.4, -0.2) is 22.6 Å². The smallest absolute Gasteiger partial charge is 0.269 e. The van der Waals surface area contributed by atoms with Gasteiger partial charge in [0.25, 0.3) is 5.91 Å². The van der Waals surface area contributed by atoms with Crippen LogP contribution in [0.3, 0.4) is 0 Å². The number of carbonyl (C=O) groups excluding carboxylic acids is 3. The van der Waals surface area contributed by atoms with Gasteiger partial charge in [-0.1, -0.05) is 0 Å². The van der Waals surface area contributed by atoms with Gasteiger partial charge >= 0.3 is 0 Å². The second-order valence-electron chi connectivity index (χ2n) is 4.99. The lowest BCUT2D eigenvalue weighted by molar-refractivity contribution is -0.121. The van der Waals surface area contributed by atoms with Crippen molar-refractivity contribution in [2.75, 3.05) is 0 Å². The van der Waals surface area contributed by atoms with Gasteiger partial charge < -0.3 is 0 Å². The number of hydrazine groups is 1. The molecule has 0 aliphatic heterocycles. The van der Waals surface area contributed by atoms with E-state index < -0.39 is 11.8 Å². The molecule has 0 unspecified atom stereocenters. The van der Waals surface area contributed by atoms with E-state index in [9.17, 15) is 14.4 Å². The quantitative estimate of drug-likeness (QED) is 0.649. The fourth-order valence-electron chi connectivity index (χ4n) is 2.03. The minimum Gasteiger partial charge on any atom is -0.294 e. The van der Waals surface area contributed by atoms with Gasteiger partial charge in [0.2, 0.25) is 5.91 Å². The number of nitrogens with one attached hydrogen (secondary N) is 2. The van der Waals surface area contributed by atoms with Crippen molar-refractivity contribution < 1.29 is 14.4 Å². The zero-order chi connectivity index (χ0) is 16.8. The topological polar surface area (TPSA) is 88.2 Å². The van der Waals surface area contributed by atoms with Crippen LogP contribution in [0.25, 0.3) is 0 Å². The molecule has 2 aromatic rings. The van der Waals surface area contributed by atoms with E-state index in [4.69, 9.17) is 0 Å². The van der Waals surface area contributed by atoms with Gasteiger partial charge in [0, 0.05) is 46.1 Å². The van der Waals surface area contributed by atoms with Crippen LogP contribution in [0.2, 0.25) is 0 Å². The summed E-state index contributed by atoms with van der Waals surface area (Å²) in [7, 11) is 0. The molecule has 0 saturated carbocycles. The van der Waals surface area contributed by atoms with Crippen LogP contribution >= 0.6 is 11.3 Å². The van der Waals surface area contributed by atoms with Crippen molar-refractivity contribution in [2.45, 2.75) is 26.7 Å². The standard InChI is InChI=1S/C16H17N3O3S/c1-10-9-13(11(2)23-10)14(20)3-4-15(21)18-19-16(22)12-5-7-17-8-6-12/h5-9H,3-4H2,1-2H3,(H,18,21)(H,19,22). The summed E-state index contributed by atoms with van der Waals surface area (Å²) in [6, 6.07) is 4.91. The predicted molar refractivity (Wildman–Crippen MR) is 87.2 cm³/mol. The molecule has 0 spiro atoms. The van der Waals surface area contributed by atoms with Gasteiger partial charge in [0.1, 0.15) is 0 Å². The Labute approximate surface area is 137 Å². The highest BCUT2D eigenvalue weighted by molar-refractivity contribution is 7.12. The van der Waals surface area contributed by atoms with Crippen LogP contribution in [0.15, 0.2) is 30.6 Å². The molecule has 6 nitrogen and oxygen atoms in total. The minimum atomic E-state index is -0.434. The first-order valence-corrected chi connectivity index (χ1v) is 7.88. The zero-order valence-corrected chi connectivity index (χ0v) is 13.7. The van der Waals surface area contributed by atoms with E-state index in [1.54, 1.807) is 11.3 Å². The van der Waals surface area contributed by atoms with Gasteiger partial charge in [-0.05, 0) is 32.0 Å². The Morgan fingerprint density at radius 2 is 1.78 bits per heavy atom. The number of nitrogens with zero attached hydrogens (tertiary/aromatic N) is 1. The first-order chi connectivity index (χ1) is 11.0. The first-order valence-electron chi connectivity index (χ1n) is 7.07. The van der Waals surface area contributed by atoms with Crippen molar-refractivity contribution in [1.82, 2.24) is 15.8 Å². The number of aryl methyl sites for hydroxylation is 2. The van der Waals surface area contributed by atoms with Crippen molar-refractivity contribution in [3.8, 4) is 0 Å². The molecule has 2 rings (SSSR count). The molecule has 7 heteroatoms. The van der Waals surface area contributed by atoms with Crippen molar-refractivity contribution in [2.24, 2.45) is 0 Å². The third kappa shape index (κ3) is 4.72. The summed E-state index contributed by atoms with van der Waals surface area (Å²) >= 11 is 1.56. The molecule has 23 heavy (non-hydrogen) atoms. The lowest BCUT2D eigenvalue weighted by Crippen LogP contribution is -2.41. The fraction of sp³-hybridized carbons (Fsp3) is 0.250. The maximum Gasteiger partial charge on any atom is 0.269 e. The number of amides is 2. The number of hydrogen-bond donors (Lipinski definition) is 2. The van der Waals surface area contributed by atoms with E-state index >= 15 is 0 Å². The van der Waals surface area contributed by atoms with E-state index in [1.807, 2.05) is 19.9 Å². The molecule has 0 bridgehead atoms. The molecule has 120 valence electrons. The maximum atomic E-state index is 12.1. The number of aromatic nitrogens is 1. The highest BCUT2D eigenvalue weighted by atomic mass is 32.1. The van der Waals surface area contributed by atoms with Crippen LogP contribution in [-0.2, 0) is 4.79 Å². The molecule has 0 aromatic carbocycles. The molecule has 0 radical (unpaired) electrons. The van der Waals surface area contributed by atoms with Crippen LogP contribution in [0.4, 0.5) is 0 Å². The van der Waals surface area contributed by atoms with Crippen molar-refractivity contribution >= 4 is 28.9 Å². The Balaban J connectivity index is 1.78. The molecule has 2 heterocycles. The zero-order valence-electron chi connectivity index (χ0n) is 12.9. The molecular weight excluding hydrogens is 314 g/mol. The second kappa shape index (κ2) is 7.64. The Morgan fingerprint density at radius 3 is 2.39 bits per heavy atom. The number of rotatable bonds is 5. The van der Waals surface area contributed by atoms with Crippen LogP contribution in [0, 0.1) is 13.8 Å². The fourth-order valence-corrected chi connectivity index (χ4v) is 2.98. The van der Waals surface area contributed by atoms with Crippen LogP contribution < -0.4 is 10.9 Å². The minimum absolute atomic E-state index is 0.0177. The summed E-state index contributed by atoms with van der Waals surface area (Å²) in [6.07, 6.45) is 3.10. The van der Waals surface area contributed by atoms with Crippen LogP contribution in [0.1, 0.15) is 43.3 Å². The number of carbonyl (C=O) groups is 3. The van der Waals surface area contributed by atoms with Gasteiger partial charge in [-0.15, -0.1) is 11.3 Å².